The number of benzene rings is 2. The van der Waals surface area contributed by atoms with Gasteiger partial charge >= 0.3 is 6.03 Å². The zero-order valence-corrected chi connectivity index (χ0v) is 34.4. The number of hydrogen-bond acceptors (Lipinski definition) is 10. The van der Waals surface area contributed by atoms with Gasteiger partial charge in [0.1, 0.15) is 6.17 Å². The van der Waals surface area contributed by atoms with Gasteiger partial charge in [0.25, 0.3) is 11.8 Å². The molecule has 1 saturated carbocycles. The lowest BCUT2D eigenvalue weighted by Crippen LogP contribution is -2.49. The Labute approximate surface area is 356 Å². The Morgan fingerprint density at radius 2 is 1.66 bits per heavy atom. The van der Waals surface area contributed by atoms with Crippen LogP contribution in [0.1, 0.15) is 64.9 Å². The van der Waals surface area contributed by atoms with E-state index in [2.05, 4.69) is 55.0 Å². The zero-order chi connectivity index (χ0) is 42.0. The molecule has 4 aliphatic heterocycles. The second-order valence-corrected chi connectivity index (χ2v) is 17.1. The zero-order valence-electron chi connectivity index (χ0n) is 33.7. The number of hydrogen-bond donors (Lipinski definition) is 3. The van der Waals surface area contributed by atoms with E-state index in [-0.39, 0.29) is 35.9 Å². The minimum atomic E-state index is -1.01. The molecule has 5 aromatic rings. The van der Waals surface area contributed by atoms with Crippen molar-refractivity contribution in [3.8, 4) is 11.3 Å². The van der Waals surface area contributed by atoms with Crippen molar-refractivity contribution in [2.45, 2.75) is 57.2 Å². The van der Waals surface area contributed by atoms with Crippen LogP contribution in [-0.2, 0) is 11.2 Å². The van der Waals surface area contributed by atoms with E-state index in [0.29, 0.717) is 53.8 Å². The molecule has 2 aromatic carbocycles. The van der Waals surface area contributed by atoms with Crippen molar-refractivity contribution in [3.63, 3.8) is 0 Å². The van der Waals surface area contributed by atoms with Gasteiger partial charge in [-0.1, -0.05) is 23.7 Å². The molecule has 7 heterocycles. The summed E-state index contributed by atoms with van der Waals surface area (Å²) in [6.45, 7) is 4.12. The molecule has 61 heavy (non-hydrogen) atoms. The van der Waals surface area contributed by atoms with E-state index in [1.807, 2.05) is 23.2 Å². The molecule has 15 nitrogen and oxygen atoms in total. The average Bonchev–Trinajstić information content (AvgIpc) is 3.59. The van der Waals surface area contributed by atoms with Crippen molar-refractivity contribution < 1.29 is 23.6 Å². The number of alkyl halides is 1. The van der Waals surface area contributed by atoms with Gasteiger partial charge in [-0.25, -0.2) is 18.7 Å². The molecule has 17 heteroatoms. The first kappa shape index (κ1) is 38.9. The minimum absolute atomic E-state index is 0.0691. The molecule has 2 atom stereocenters. The second kappa shape index (κ2) is 15.3. The van der Waals surface area contributed by atoms with Gasteiger partial charge in [-0.3, -0.25) is 29.6 Å². The molecule has 5 aliphatic rings. The summed E-state index contributed by atoms with van der Waals surface area (Å²) in [4.78, 5) is 67.8. The summed E-state index contributed by atoms with van der Waals surface area (Å²) < 4.78 is 15.1. The third-order valence-electron chi connectivity index (χ3n) is 13.2. The Balaban J connectivity index is 0.775. The van der Waals surface area contributed by atoms with Crippen molar-refractivity contribution in [3.05, 3.63) is 88.8 Å². The van der Waals surface area contributed by atoms with Crippen LogP contribution in [0.2, 0.25) is 5.02 Å². The van der Waals surface area contributed by atoms with Crippen LogP contribution in [-0.4, -0.2) is 107 Å². The number of aromatic nitrogens is 4. The number of rotatable bonds is 8. The van der Waals surface area contributed by atoms with E-state index >= 15 is 0 Å². The van der Waals surface area contributed by atoms with Crippen molar-refractivity contribution >= 4 is 69.6 Å². The summed E-state index contributed by atoms with van der Waals surface area (Å²) in [5, 5.41) is 13.4. The lowest BCUT2D eigenvalue weighted by atomic mass is 9.71. The number of urea groups is 1. The predicted octanol–water partition coefficient (Wildman–Crippen LogP) is 5.99. The predicted molar refractivity (Wildman–Crippen MR) is 230 cm³/mol. The SMILES string of the molecule is CNc1cc(N2CCc3c(-c4ccc(N5CCC6(CCN(C(=O)c7ccc(N8CCC(=O)NC8=O)c(Cl)c7)CC6)CC5)cn4)cccc32)nn2c(C(=O)N[C@@H]3C[C@@H]3F)cnc12. The van der Waals surface area contributed by atoms with Crippen LogP contribution >= 0.6 is 11.6 Å². The topological polar surface area (TPSA) is 160 Å². The van der Waals surface area contributed by atoms with Gasteiger partial charge in [-0.05, 0) is 79.5 Å². The molecular formula is C44H45ClFN11O4. The summed E-state index contributed by atoms with van der Waals surface area (Å²) >= 11 is 6.55. The number of likely N-dealkylation sites (tertiary alicyclic amines) is 1. The number of pyridine rings is 1. The van der Waals surface area contributed by atoms with Crippen molar-refractivity contribution in [2.75, 3.05) is 66.3 Å². The smallest absolute Gasteiger partial charge is 0.328 e. The van der Waals surface area contributed by atoms with E-state index in [1.54, 1.807) is 25.2 Å². The number of imide groups is 1. The molecule has 3 saturated heterocycles. The molecule has 10 rings (SSSR count). The second-order valence-electron chi connectivity index (χ2n) is 16.7. The Hall–Kier alpha value is -6.29. The molecule has 1 aliphatic carbocycles. The highest BCUT2D eigenvalue weighted by Gasteiger charge is 2.40. The Bertz CT molecular complexity index is 2580. The van der Waals surface area contributed by atoms with Gasteiger partial charge in [0.2, 0.25) is 5.91 Å². The number of fused-ring (bicyclic) bond motifs is 2. The largest absolute Gasteiger partial charge is 0.385 e. The fraction of sp³-hybridized carbons (Fsp3) is 0.386. The van der Waals surface area contributed by atoms with Gasteiger partial charge in [-0.2, -0.15) is 0 Å². The quantitative estimate of drug-likeness (QED) is 0.169. The maximum absolute atomic E-state index is 13.6. The first-order valence-corrected chi connectivity index (χ1v) is 21.3. The fourth-order valence-electron chi connectivity index (χ4n) is 9.39. The van der Waals surface area contributed by atoms with Crippen molar-refractivity contribution in [1.29, 1.82) is 0 Å². The van der Waals surface area contributed by atoms with Gasteiger partial charge in [-0.15, -0.1) is 5.10 Å². The van der Waals surface area contributed by atoms with Gasteiger partial charge in [0.05, 0.1) is 46.2 Å². The van der Waals surface area contributed by atoms with E-state index in [1.165, 1.54) is 21.2 Å². The van der Waals surface area contributed by atoms with Crippen LogP contribution in [0.4, 0.5) is 37.8 Å². The average molecular weight is 846 g/mol. The number of anilines is 5. The monoisotopic (exact) mass is 845 g/mol. The van der Waals surface area contributed by atoms with Crippen LogP contribution in [0.3, 0.4) is 0 Å². The molecule has 3 N–H and O–H groups in total. The van der Waals surface area contributed by atoms with Gasteiger partial charge in [0.15, 0.2) is 17.2 Å². The summed E-state index contributed by atoms with van der Waals surface area (Å²) in [6, 6.07) is 16.5. The lowest BCUT2D eigenvalue weighted by molar-refractivity contribution is -0.120. The summed E-state index contributed by atoms with van der Waals surface area (Å²) in [6.07, 6.45) is 7.71. The highest BCUT2D eigenvalue weighted by molar-refractivity contribution is 6.34. The molecule has 4 fully saturated rings. The van der Waals surface area contributed by atoms with Crippen LogP contribution in [0.5, 0.6) is 0 Å². The third kappa shape index (κ3) is 7.15. The third-order valence-corrected chi connectivity index (χ3v) is 13.5. The Morgan fingerprint density at radius 1 is 0.885 bits per heavy atom. The molecular weight excluding hydrogens is 801 g/mol. The van der Waals surface area contributed by atoms with Gasteiger partial charge < -0.3 is 25.3 Å². The molecule has 0 unspecified atom stereocenters. The number of imidazole rings is 1. The molecule has 0 radical (unpaired) electrons. The Kier molecular flexibility index (Phi) is 9.76. The summed E-state index contributed by atoms with van der Waals surface area (Å²) in [7, 11) is 1.81. The summed E-state index contributed by atoms with van der Waals surface area (Å²) in [5.41, 5.74) is 7.91. The molecule has 1 spiro atoms. The van der Waals surface area contributed by atoms with Crippen LogP contribution in [0, 0.1) is 5.41 Å². The number of halogens is 2. The standard InChI is InChI=1S/C44H45ClFN11O4/c1-47-34-23-38(52-57-37(25-49-40(34)57)41(59)50-33-22-31(33)46)55-15-9-29-28(3-2-4-35(29)55)32-7-6-27(24-48-32)53-17-11-44(12-18-53)13-19-54(20-14-44)42(60)26-5-8-36(30(45)21-26)56-16-10-39(58)51-43(56)61/h2-8,21,23-25,31,33,47H,9-20,22H2,1H3,(H,50,59)(H,51,58,61)/t31-,33+/m0/s1. The Morgan fingerprint density at radius 3 is 2.36 bits per heavy atom. The van der Waals surface area contributed by atoms with Crippen LogP contribution in [0.25, 0.3) is 16.9 Å². The highest BCUT2D eigenvalue weighted by atomic mass is 35.5. The number of carbonyl (C=O) groups is 4. The first-order valence-electron chi connectivity index (χ1n) is 20.9. The maximum Gasteiger partial charge on any atom is 0.328 e. The van der Waals surface area contributed by atoms with E-state index in [0.717, 1.165) is 73.5 Å². The fourth-order valence-corrected chi connectivity index (χ4v) is 9.67. The van der Waals surface area contributed by atoms with Crippen LogP contribution < -0.4 is 30.7 Å². The maximum atomic E-state index is 13.6. The van der Waals surface area contributed by atoms with E-state index in [9.17, 15) is 23.6 Å². The molecule has 3 aromatic heterocycles. The number of nitrogens with zero attached hydrogens (tertiary/aromatic N) is 8. The summed E-state index contributed by atoms with van der Waals surface area (Å²) in [5.74, 6) is -0.120. The number of carbonyl (C=O) groups excluding carboxylic acids is 4. The minimum Gasteiger partial charge on any atom is -0.385 e. The van der Waals surface area contributed by atoms with Gasteiger partial charge in [0, 0.05) is 82.0 Å². The number of nitrogens with one attached hydrogen (secondary N) is 3. The van der Waals surface area contributed by atoms with Crippen molar-refractivity contribution in [2.24, 2.45) is 5.41 Å². The molecule has 5 amide bonds. The molecule has 314 valence electrons. The van der Waals surface area contributed by atoms with E-state index in [4.69, 9.17) is 21.7 Å². The number of piperidine rings is 2. The number of amides is 5. The van der Waals surface area contributed by atoms with Crippen LogP contribution in [0.15, 0.2) is 67.0 Å². The van der Waals surface area contributed by atoms with E-state index < -0.39 is 24.2 Å². The first-order chi connectivity index (χ1) is 29.6. The normalized spacial score (nSPS) is 20.8. The lowest BCUT2D eigenvalue weighted by Gasteiger charge is -2.47. The highest BCUT2D eigenvalue weighted by Crippen LogP contribution is 2.44. The van der Waals surface area contributed by atoms with Crippen molar-refractivity contribution in [1.82, 2.24) is 35.1 Å². The molecule has 0 bridgehead atoms.